The average Bonchev–Trinajstić information content (AvgIpc) is 3.15. The highest BCUT2D eigenvalue weighted by atomic mass is 19.4. The molecule has 0 aromatic heterocycles. The van der Waals surface area contributed by atoms with Crippen LogP contribution in [0.1, 0.15) is 47.6 Å². The number of carbonyl (C=O) groups is 2. The Balaban J connectivity index is 1.67. The summed E-state index contributed by atoms with van der Waals surface area (Å²) in [6.07, 6.45) is 0.694. The quantitative estimate of drug-likeness (QED) is 0.395. The molecule has 2 aromatic rings. The third-order valence-electron chi connectivity index (χ3n) is 7.82. The zero-order valence-corrected chi connectivity index (χ0v) is 21.9. The molecule has 2 unspecified atom stereocenters. The Bertz CT molecular complexity index is 1220. The molecule has 2 aliphatic rings. The van der Waals surface area contributed by atoms with Gasteiger partial charge in [-0.05, 0) is 55.0 Å². The van der Waals surface area contributed by atoms with E-state index in [2.05, 4.69) is 13.2 Å². The summed E-state index contributed by atoms with van der Waals surface area (Å²) in [5, 5.41) is 0. The largest absolute Gasteiger partial charge is 0.416 e. The standard InChI is InChI=1S/C30H34F3N3O2/c1-5-14-29(15-6-2)19-25-26(24-13-8-7-10-21(24)3)36(17-16-35(25)27(29)37)28(38)34(4)20-22-11-9-12-23(18-22)30(31,32)33/h5-13,18,25-26H,1-2,14-17,19-20H2,3-4H3. The monoisotopic (exact) mass is 525 g/mol. The fourth-order valence-corrected chi connectivity index (χ4v) is 6.06. The van der Waals surface area contributed by atoms with Crippen molar-refractivity contribution in [2.45, 2.75) is 51.0 Å². The van der Waals surface area contributed by atoms with Gasteiger partial charge >= 0.3 is 12.2 Å². The molecule has 0 spiro atoms. The fraction of sp³-hybridized carbons (Fsp3) is 0.400. The molecule has 5 nitrogen and oxygen atoms in total. The van der Waals surface area contributed by atoms with Crippen LogP contribution >= 0.6 is 0 Å². The molecule has 0 radical (unpaired) electrons. The zero-order chi connectivity index (χ0) is 27.7. The Kier molecular flexibility index (Phi) is 7.72. The van der Waals surface area contributed by atoms with E-state index in [1.165, 1.54) is 11.0 Å². The van der Waals surface area contributed by atoms with Gasteiger partial charge in [0, 0.05) is 26.7 Å². The van der Waals surface area contributed by atoms with Gasteiger partial charge in [0.15, 0.2) is 0 Å². The summed E-state index contributed by atoms with van der Waals surface area (Å²) in [5.74, 6) is 0.0605. The van der Waals surface area contributed by atoms with E-state index in [9.17, 15) is 22.8 Å². The number of carbonyl (C=O) groups excluding carboxylic acids is 2. The van der Waals surface area contributed by atoms with Crippen LogP contribution in [-0.2, 0) is 17.5 Å². The second-order valence-corrected chi connectivity index (χ2v) is 10.4. The van der Waals surface area contributed by atoms with Gasteiger partial charge in [-0.3, -0.25) is 4.79 Å². The number of aryl methyl sites for hydroxylation is 1. The second kappa shape index (κ2) is 10.7. The van der Waals surface area contributed by atoms with E-state index in [1.807, 2.05) is 36.1 Å². The van der Waals surface area contributed by atoms with Crippen LogP contribution in [0.3, 0.4) is 0 Å². The smallest absolute Gasteiger partial charge is 0.335 e. The highest BCUT2D eigenvalue weighted by Crippen LogP contribution is 2.49. The van der Waals surface area contributed by atoms with Gasteiger partial charge in [0.2, 0.25) is 5.91 Å². The molecule has 2 aromatic carbocycles. The average molecular weight is 526 g/mol. The van der Waals surface area contributed by atoms with Crippen LogP contribution in [0, 0.1) is 12.3 Å². The van der Waals surface area contributed by atoms with Crippen molar-refractivity contribution in [3.05, 3.63) is 96.1 Å². The summed E-state index contributed by atoms with van der Waals surface area (Å²) < 4.78 is 39.7. The van der Waals surface area contributed by atoms with Gasteiger partial charge in [-0.25, -0.2) is 4.79 Å². The summed E-state index contributed by atoms with van der Waals surface area (Å²) >= 11 is 0. The van der Waals surface area contributed by atoms with Crippen molar-refractivity contribution in [3.63, 3.8) is 0 Å². The van der Waals surface area contributed by atoms with Gasteiger partial charge in [-0.2, -0.15) is 13.2 Å². The van der Waals surface area contributed by atoms with Gasteiger partial charge in [0.05, 0.1) is 23.1 Å². The van der Waals surface area contributed by atoms with E-state index in [1.54, 1.807) is 30.2 Å². The van der Waals surface area contributed by atoms with E-state index in [-0.39, 0.29) is 30.6 Å². The van der Waals surface area contributed by atoms with Gasteiger partial charge in [-0.1, -0.05) is 48.6 Å². The third kappa shape index (κ3) is 5.08. The van der Waals surface area contributed by atoms with E-state index in [0.717, 1.165) is 23.3 Å². The number of nitrogens with zero attached hydrogens (tertiary/aromatic N) is 3. The minimum Gasteiger partial charge on any atom is -0.335 e. The molecule has 202 valence electrons. The molecular formula is C30H34F3N3O2. The second-order valence-electron chi connectivity index (χ2n) is 10.4. The minimum atomic E-state index is -4.46. The highest BCUT2D eigenvalue weighted by Gasteiger charge is 2.56. The molecule has 2 saturated heterocycles. The maximum Gasteiger partial charge on any atom is 0.416 e. The van der Waals surface area contributed by atoms with Crippen molar-refractivity contribution in [1.29, 1.82) is 0 Å². The lowest BCUT2D eigenvalue weighted by molar-refractivity contribution is -0.139. The summed E-state index contributed by atoms with van der Waals surface area (Å²) in [4.78, 5) is 32.7. The molecule has 2 fully saturated rings. The first-order chi connectivity index (χ1) is 18.0. The number of hydrogen-bond donors (Lipinski definition) is 0. The molecule has 2 aliphatic heterocycles. The molecule has 38 heavy (non-hydrogen) atoms. The molecule has 2 heterocycles. The molecule has 0 aliphatic carbocycles. The molecule has 8 heteroatoms. The Morgan fingerprint density at radius 2 is 1.79 bits per heavy atom. The predicted molar refractivity (Wildman–Crippen MR) is 141 cm³/mol. The van der Waals surface area contributed by atoms with Crippen LogP contribution in [0.15, 0.2) is 73.8 Å². The first-order valence-electron chi connectivity index (χ1n) is 12.8. The number of alkyl halides is 3. The number of fused-ring (bicyclic) bond motifs is 1. The van der Waals surface area contributed by atoms with Crippen molar-refractivity contribution in [3.8, 4) is 0 Å². The zero-order valence-electron chi connectivity index (χ0n) is 21.9. The normalized spacial score (nSPS) is 20.7. The van der Waals surface area contributed by atoms with E-state index < -0.39 is 17.2 Å². The number of piperazine rings is 1. The molecule has 2 atom stereocenters. The number of allylic oxidation sites excluding steroid dienone is 2. The predicted octanol–water partition coefficient (Wildman–Crippen LogP) is 6.36. The Labute approximate surface area is 222 Å². The Morgan fingerprint density at radius 3 is 2.42 bits per heavy atom. The van der Waals surface area contributed by atoms with Gasteiger partial charge in [0.1, 0.15) is 0 Å². The first kappa shape index (κ1) is 27.5. The highest BCUT2D eigenvalue weighted by molar-refractivity contribution is 5.87. The van der Waals surface area contributed by atoms with Crippen LogP contribution < -0.4 is 0 Å². The van der Waals surface area contributed by atoms with Crippen LogP contribution in [0.5, 0.6) is 0 Å². The third-order valence-corrected chi connectivity index (χ3v) is 7.82. The summed E-state index contributed by atoms with van der Waals surface area (Å²) in [6.45, 7) is 10.5. The van der Waals surface area contributed by atoms with Gasteiger partial charge < -0.3 is 14.7 Å². The number of rotatable bonds is 7. The lowest BCUT2D eigenvalue weighted by Gasteiger charge is -2.46. The Hall–Kier alpha value is -3.55. The van der Waals surface area contributed by atoms with E-state index in [4.69, 9.17) is 0 Å². The topological polar surface area (TPSA) is 43.9 Å². The van der Waals surface area contributed by atoms with Crippen LogP contribution in [0.25, 0.3) is 0 Å². The molecule has 4 rings (SSSR count). The molecule has 0 N–H and O–H groups in total. The summed E-state index contributed by atoms with van der Waals surface area (Å²) in [6, 6.07) is 12.0. The number of amides is 3. The lowest BCUT2D eigenvalue weighted by Crippen LogP contribution is -2.57. The summed E-state index contributed by atoms with van der Waals surface area (Å²) in [7, 11) is 1.60. The van der Waals surface area contributed by atoms with E-state index >= 15 is 0 Å². The molecule has 0 bridgehead atoms. The first-order valence-corrected chi connectivity index (χ1v) is 12.8. The maximum atomic E-state index is 13.9. The summed E-state index contributed by atoms with van der Waals surface area (Å²) in [5.41, 5.74) is 0.984. The van der Waals surface area contributed by atoms with Gasteiger partial charge in [-0.15, -0.1) is 13.2 Å². The van der Waals surface area contributed by atoms with Crippen LogP contribution in [-0.4, -0.2) is 52.8 Å². The fourth-order valence-electron chi connectivity index (χ4n) is 6.06. The lowest BCUT2D eigenvalue weighted by atomic mass is 9.76. The SMILES string of the molecule is C=CCC1(CC=C)CC2C(c3ccccc3C)N(C(=O)N(C)Cc3cccc(C(F)(F)F)c3)CCN2C1=O. The van der Waals surface area contributed by atoms with E-state index in [0.29, 0.717) is 37.9 Å². The minimum absolute atomic E-state index is 0.0317. The number of benzene rings is 2. The van der Waals surface area contributed by atoms with Crippen molar-refractivity contribution in [2.24, 2.45) is 5.41 Å². The number of hydrogen-bond acceptors (Lipinski definition) is 2. The maximum absolute atomic E-state index is 13.9. The van der Waals surface area contributed by atoms with Crippen LogP contribution in [0.2, 0.25) is 0 Å². The van der Waals surface area contributed by atoms with Crippen molar-refractivity contribution in [1.82, 2.24) is 14.7 Å². The van der Waals surface area contributed by atoms with Crippen molar-refractivity contribution >= 4 is 11.9 Å². The molecular weight excluding hydrogens is 491 g/mol. The van der Waals surface area contributed by atoms with Crippen LogP contribution in [0.4, 0.5) is 18.0 Å². The number of urea groups is 1. The van der Waals surface area contributed by atoms with Crippen molar-refractivity contribution in [2.75, 3.05) is 20.1 Å². The molecule has 0 saturated carbocycles. The Morgan fingerprint density at radius 1 is 1.11 bits per heavy atom. The van der Waals surface area contributed by atoms with Gasteiger partial charge in [0.25, 0.3) is 0 Å². The van der Waals surface area contributed by atoms with Crippen molar-refractivity contribution < 1.29 is 22.8 Å². The molecule has 3 amide bonds. The number of halogens is 3.